The van der Waals surface area contributed by atoms with Crippen molar-refractivity contribution in [2.75, 3.05) is 30.5 Å². The van der Waals surface area contributed by atoms with Crippen molar-refractivity contribution in [2.24, 2.45) is 0 Å². The van der Waals surface area contributed by atoms with Crippen LogP contribution in [0.15, 0.2) is 34.0 Å². The summed E-state index contributed by atoms with van der Waals surface area (Å²) in [4.78, 5) is 26.3. The number of thioether (sulfide) groups is 2. The summed E-state index contributed by atoms with van der Waals surface area (Å²) in [5.74, 6) is 0.881. The molecular formula is C18H21N3O3S2. The van der Waals surface area contributed by atoms with E-state index in [4.69, 9.17) is 4.74 Å². The molecule has 0 saturated carbocycles. The predicted octanol–water partition coefficient (Wildman–Crippen LogP) is 3.02. The van der Waals surface area contributed by atoms with E-state index in [9.17, 15) is 9.59 Å². The number of rotatable bonds is 3. The van der Waals surface area contributed by atoms with Gasteiger partial charge in [-0.2, -0.15) is 0 Å². The summed E-state index contributed by atoms with van der Waals surface area (Å²) in [6, 6.07) is 8.36. The van der Waals surface area contributed by atoms with Crippen LogP contribution in [0.4, 0.5) is 5.82 Å². The van der Waals surface area contributed by atoms with Crippen LogP contribution >= 0.6 is 23.5 Å². The summed E-state index contributed by atoms with van der Waals surface area (Å²) in [7, 11) is 0. The van der Waals surface area contributed by atoms with Crippen molar-refractivity contribution in [2.45, 2.75) is 29.0 Å². The first-order chi connectivity index (χ1) is 12.7. The lowest BCUT2D eigenvalue weighted by atomic mass is 10.1. The van der Waals surface area contributed by atoms with Gasteiger partial charge in [-0.1, -0.05) is 12.1 Å². The highest BCUT2D eigenvalue weighted by atomic mass is 32.2. The average Bonchev–Trinajstić information content (AvgIpc) is 2.88. The number of benzene rings is 1. The van der Waals surface area contributed by atoms with Crippen molar-refractivity contribution in [1.29, 1.82) is 0 Å². The van der Waals surface area contributed by atoms with Gasteiger partial charge in [0.15, 0.2) is 0 Å². The van der Waals surface area contributed by atoms with Gasteiger partial charge < -0.3 is 10.1 Å². The van der Waals surface area contributed by atoms with Crippen LogP contribution < -0.4 is 10.9 Å². The molecule has 1 aromatic carbocycles. The number of amides is 1. The van der Waals surface area contributed by atoms with E-state index in [2.05, 4.69) is 22.5 Å². The predicted molar refractivity (Wildman–Crippen MR) is 105 cm³/mol. The molecule has 1 fully saturated rings. The van der Waals surface area contributed by atoms with Gasteiger partial charge in [-0.05, 0) is 36.8 Å². The Morgan fingerprint density at radius 2 is 1.92 bits per heavy atom. The van der Waals surface area contributed by atoms with E-state index in [1.165, 1.54) is 16.7 Å². The van der Waals surface area contributed by atoms with Crippen LogP contribution in [-0.4, -0.2) is 40.9 Å². The molecule has 26 heavy (non-hydrogen) atoms. The van der Waals surface area contributed by atoms with Gasteiger partial charge in [0.1, 0.15) is 5.82 Å². The van der Waals surface area contributed by atoms with Crippen LogP contribution in [0.5, 0.6) is 0 Å². The molecule has 2 aliphatic heterocycles. The topological polar surface area (TPSA) is 76.1 Å². The monoisotopic (exact) mass is 391 g/mol. The molecule has 138 valence electrons. The van der Waals surface area contributed by atoms with Gasteiger partial charge in [0, 0.05) is 18.1 Å². The fourth-order valence-corrected chi connectivity index (χ4v) is 5.04. The first kappa shape index (κ1) is 17.8. The number of anilines is 1. The fraction of sp³-hybridized carbons (Fsp3) is 0.444. The lowest BCUT2D eigenvalue weighted by Gasteiger charge is -2.25. The Hall–Kier alpha value is -1.64. The van der Waals surface area contributed by atoms with Crippen LogP contribution in [0.2, 0.25) is 0 Å². The third-order valence-electron chi connectivity index (χ3n) is 4.84. The Morgan fingerprint density at radius 3 is 2.62 bits per heavy atom. The molecule has 0 spiro atoms. The Morgan fingerprint density at radius 1 is 1.19 bits per heavy atom. The lowest BCUT2D eigenvalue weighted by molar-refractivity contribution is -0.113. The van der Waals surface area contributed by atoms with Gasteiger partial charge in [-0.25, -0.2) is 0 Å². The molecule has 1 unspecified atom stereocenters. The van der Waals surface area contributed by atoms with Gasteiger partial charge in [0.25, 0.3) is 5.56 Å². The maximum absolute atomic E-state index is 12.8. The SMILES string of the molecule is CSc1ccc(C2SCC(=O)Nc3c2c(=O)[nH]n3C2CCOCC2)cc1. The highest BCUT2D eigenvalue weighted by molar-refractivity contribution is 8.00. The van der Waals surface area contributed by atoms with E-state index >= 15 is 0 Å². The maximum atomic E-state index is 12.8. The molecule has 6 nitrogen and oxygen atoms in total. The van der Waals surface area contributed by atoms with E-state index in [1.807, 2.05) is 23.1 Å². The van der Waals surface area contributed by atoms with E-state index in [0.717, 1.165) is 18.4 Å². The lowest BCUT2D eigenvalue weighted by Crippen LogP contribution is -2.24. The molecule has 2 N–H and O–H groups in total. The second-order valence-corrected chi connectivity index (χ2v) is 8.40. The molecule has 1 aromatic heterocycles. The Balaban J connectivity index is 1.78. The summed E-state index contributed by atoms with van der Waals surface area (Å²) < 4.78 is 7.29. The van der Waals surface area contributed by atoms with Gasteiger partial charge in [-0.3, -0.25) is 19.4 Å². The zero-order valence-corrected chi connectivity index (χ0v) is 16.1. The number of carbonyl (C=O) groups is 1. The number of aromatic amines is 1. The highest BCUT2D eigenvalue weighted by Crippen LogP contribution is 2.41. The highest BCUT2D eigenvalue weighted by Gasteiger charge is 2.32. The minimum Gasteiger partial charge on any atom is -0.381 e. The first-order valence-corrected chi connectivity index (χ1v) is 10.9. The average molecular weight is 392 g/mol. The molecule has 1 amide bonds. The van der Waals surface area contributed by atoms with Crippen molar-refractivity contribution in [3.8, 4) is 0 Å². The number of aromatic nitrogens is 2. The van der Waals surface area contributed by atoms with Gasteiger partial charge in [-0.15, -0.1) is 23.5 Å². The molecule has 8 heteroatoms. The fourth-order valence-electron chi connectivity index (χ4n) is 3.50. The normalized spacial score (nSPS) is 21.1. The minimum absolute atomic E-state index is 0.0701. The molecular weight excluding hydrogens is 370 g/mol. The van der Waals surface area contributed by atoms with E-state index < -0.39 is 0 Å². The van der Waals surface area contributed by atoms with Crippen molar-refractivity contribution in [3.63, 3.8) is 0 Å². The number of nitrogens with one attached hydrogen (secondary N) is 2. The summed E-state index contributed by atoms with van der Waals surface area (Å²) in [5, 5.41) is 5.76. The summed E-state index contributed by atoms with van der Waals surface area (Å²) in [5.41, 5.74) is 1.56. The van der Waals surface area contributed by atoms with E-state index in [1.54, 1.807) is 11.8 Å². The van der Waals surface area contributed by atoms with Crippen molar-refractivity contribution >= 4 is 35.2 Å². The summed E-state index contributed by atoms with van der Waals surface area (Å²) >= 11 is 3.18. The minimum atomic E-state index is -0.162. The number of fused-ring (bicyclic) bond motifs is 1. The van der Waals surface area contributed by atoms with Crippen LogP contribution in [0.25, 0.3) is 0 Å². The third-order valence-corrected chi connectivity index (χ3v) is 6.85. The molecule has 0 bridgehead atoms. The third kappa shape index (κ3) is 3.33. The van der Waals surface area contributed by atoms with Crippen LogP contribution in [0.3, 0.4) is 0 Å². The standard InChI is InChI=1S/C18H21N3O3S2/c1-25-13-4-2-11(3-5-13)16-15-17(19-14(22)10-26-16)21(20-18(15)23)12-6-8-24-9-7-12/h2-5,12,16H,6-10H2,1H3,(H,19,22)(H,20,23). The van der Waals surface area contributed by atoms with Crippen LogP contribution in [0, 0.1) is 0 Å². The quantitative estimate of drug-likeness (QED) is 0.787. The van der Waals surface area contributed by atoms with Crippen molar-refractivity contribution in [1.82, 2.24) is 9.78 Å². The number of nitrogens with zero attached hydrogens (tertiary/aromatic N) is 1. The molecule has 0 aliphatic carbocycles. The zero-order chi connectivity index (χ0) is 18.1. The van der Waals surface area contributed by atoms with Crippen LogP contribution in [-0.2, 0) is 9.53 Å². The van der Waals surface area contributed by atoms with Gasteiger partial charge in [0.05, 0.1) is 22.6 Å². The molecule has 3 heterocycles. The smallest absolute Gasteiger partial charge is 0.270 e. The zero-order valence-electron chi connectivity index (χ0n) is 14.5. The molecule has 4 rings (SSSR count). The second kappa shape index (κ2) is 7.54. The Kier molecular flexibility index (Phi) is 5.15. The second-order valence-electron chi connectivity index (χ2n) is 6.43. The van der Waals surface area contributed by atoms with Gasteiger partial charge in [0.2, 0.25) is 5.91 Å². The molecule has 1 atom stereocenters. The Bertz CT molecular complexity index is 854. The molecule has 2 aliphatic rings. The number of ether oxygens (including phenoxy) is 1. The van der Waals surface area contributed by atoms with Gasteiger partial charge >= 0.3 is 0 Å². The number of H-pyrrole nitrogens is 1. The van der Waals surface area contributed by atoms with E-state index in [0.29, 0.717) is 30.3 Å². The first-order valence-electron chi connectivity index (χ1n) is 8.65. The van der Waals surface area contributed by atoms with Crippen molar-refractivity contribution < 1.29 is 9.53 Å². The number of hydrogen-bond acceptors (Lipinski definition) is 5. The largest absolute Gasteiger partial charge is 0.381 e. The molecule has 1 saturated heterocycles. The molecule has 0 radical (unpaired) electrons. The van der Waals surface area contributed by atoms with Crippen LogP contribution in [0.1, 0.15) is 35.3 Å². The summed E-state index contributed by atoms with van der Waals surface area (Å²) in [6.45, 7) is 1.34. The van der Waals surface area contributed by atoms with E-state index in [-0.39, 0.29) is 22.8 Å². The Labute approximate surface area is 160 Å². The maximum Gasteiger partial charge on any atom is 0.270 e. The molecule has 2 aromatic rings. The number of carbonyl (C=O) groups excluding carboxylic acids is 1. The van der Waals surface area contributed by atoms with Crippen molar-refractivity contribution in [3.05, 3.63) is 45.7 Å². The summed E-state index contributed by atoms with van der Waals surface area (Å²) in [6.07, 6.45) is 3.69. The number of hydrogen-bond donors (Lipinski definition) is 2.